The van der Waals surface area contributed by atoms with Gasteiger partial charge in [0.25, 0.3) is 0 Å². The Balaban J connectivity index is 1.82. The van der Waals surface area contributed by atoms with Gasteiger partial charge in [-0.3, -0.25) is 4.79 Å². The molecule has 1 unspecified atom stereocenters. The zero-order valence-electron chi connectivity index (χ0n) is 16.3. The zero-order chi connectivity index (χ0) is 20.3. The molecular weight excluding hydrogens is 403 g/mol. The third-order valence-corrected chi connectivity index (χ3v) is 6.64. The third-order valence-electron chi connectivity index (χ3n) is 5.90. The first-order valence-electron chi connectivity index (χ1n) is 9.75. The number of fused-ring (bicyclic) bond motifs is 3. The van der Waals surface area contributed by atoms with E-state index < -0.39 is 0 Å². The lowest BCUT2D eigenvalue weighted by Gasteiger charge is -2.38. The number of Topliss-reactive ketones (excluding diaryl/α,β-unsaturated/α-hetero) is 1. The Morgan fingerprint density at radius 3 is 2.55 bits per heavy atom. The van der Waals surface area contributed by atoms with Crippen LogP contribution in [-0.2, 0) is 4.79 Å². The molecule has 1 heterocycles. The van der Waals surface area contributed by atoms with E-state index in [9.17, 15) is 4.79 Å². The standard InChI is InChI=1S/C25H20Cl2O2/c1-25(2)12-19(28)24-21(13-25)29-20-10-8-14-5-3-4-6-16(14)23(20)22(24)15-7-9-17(26)18(27)11-15/h3-11,22H,12-13H2,1-2H3. The predicted molar refractivity (Wildman–Crippen MR) is 118 cm³/mol. The average Bonchev–Trinajstić information content (AvgIpc) is 2.67. The van der Waals surface area contributed by atoms with Gasteiger partial charge in [-0.05, 0) is 39.9 Å². The van der Waals surface area contributed by atoms with Crippen molar-refractivity contribution in [1.29, 1.82) is 0 Å². The van der Waals surface area contributed by atoms with Crippen molar-refractivity contribution >= 4 is 39.8 Å². The maximum Gasteiger partial charge on any atom is 0.163 e. The van der Waals surface area contributed by atoms with Crippen molar-refractivity contribution < 1.29 is 9.53 Å². The minimum Gasteiger partial charge on any atom is -0.461 e. The number of allylic oxidation sites excluding steroid dienone is 2. The lowest BCUT2D eigenvalue weighted by atomic mass is 9.69. The van der Waals surface area contributed by atoms with Gasteiger partial charge in [-0.2, -0.15) is 0 Å². The van der Waals surface area contributed by atoms with Crippen LogP contribution in [-0.4, -0.2) is 5.78 Å². The molecule has 3 aromatic carbocycles. The molecule has 0 fully saturated rings. The lowest BCUT2D eigenvalue weighted by Crippen LogP contribution is -2.33. The molecule has 0 radical (unpaired) electrons. The highest BCUT2D eigenvalue weighted by molar-refractivity contribution is 6.42. The second-order valence-electron chi connectivity index (χ2n) is 8.68. The molecule has 29 heavy (non-hydrogen) atoms. The highest BCUT2D eigenvalue weighted by Gasteiger charge is 2.42. The Bertz CT molecular complexity index is 1210. The largest absolute Gasteiger partial charge is 0.461 e. The summed E-state index contributed by atoms with van der Waals surface area (Å²) < 4.78 is 6.36. The number of halogens is 2. The average molecular weight is 423 g/mol. The molecule has 0 spiro atoms. The summed E-state index contributed by atoms with van der Waals surface area (Å²) in [5.41, 5.74) is 2.62. The van der Waals surface area contributed by atoms with Crippen LogP contribution in [0.2, 0.25) is 10.0 Å². The summed E-state index contributed by atoms with van der Waals surface area (Å²) in [5.74, 6) is 1.51. The molecule has 0 saturated heterocycles. The molecule has 0 N–H and O–H groups in total. The molecule has 5 rings (SSSR count). The van der Waals surface area contributed by atoms with Crippen molar-refractivity contribution in [2.45, 2.75) is 32.6 Å². The van der Waals surface area contributed by atoms with E-state index in [0.717, 1.165) is 45.4 Å². The maximum absolute atomic E-state index is 13.3. The SMILES string of the molecule is CC1(C)CC(=O)C2=C(C1)Oc1ccc3ccccc3c1C2c1ccc(Cl)c(Cl)c1. The summed E-state index contributed by atoms with van der Waals surface area (Å²) in [6, 6.07) is 17.9. The third kappa shape index (κ3) is 3.06. The molecular formula is C25H20Cl2O2. The number of hydrogen-bond acceptors (Lipinski definition) is 2. The second kappa shape index (κ2) is 6.62. The van der Waals surface area contributed by atoms with Gasteiger partial charge >= 0.3 is 0 Å². The molecule has 2 aliphatic rings. The van der Waals surface area contributed by atoms with Crippen molar-refractivity contribution in [3.8, 4) is 5.75 Å². The molecule has 4 heteroatoms. The number of hydrogen-bond donors (Lipinski definition) is 0. The van der Waals surface area contributed by atoms with Crippen molar-refractivity contribution in [2.75, 3.05) is 0 Å². The Morgan fingerprint density at radius 1 is 0.966 bits per heavy atom. The molecule has 0 amide bonds. The number of carbonyl (C=O) groups is 1. The molecule has 146 valence electrons. The Labute approximate surface area is 180 Å². The Kier molecular flexibility index (Phi) is 4.27. The van der Waals surface area contributed by atoms with Crippen LogP contribution in [0.5, 0.6) is 5.75 Å². The molecule has 2 nitrogen and oxygen atoms in total. The topological polar surface area (TPSA) is 26.3 Å². The van der Waals surface area contributed by atoms with Gasteiger partial charge in [0.05, 0.1) is 10.0 Å². The number of ether oxygens (including phenoxy) is 1. The minimum atomic E-state index is -0.224. The van der Waals surface area contributed by atoms with E-state index in [4.69, 9.17) is 27.9 Å². The fourth-order valence-electron chi connectivity index (χ4n) is 4.66. The van der Waals surface area contributed by atoms with Crippen LogP contribution in [0.1, 0.15) is 43.7 Å². The molecule has 1 aliphatic carbocycles. The van der Waals surface area contributed by atoms with Crippen molar-refractivity contribution in [3.05, 3.63) is 87.1 Å². The first-order valence-corrected chi connectivity index (χ1v) is 10.5. The summed E-state index contributed by atoms with van der Waals surface area (Å²) in [6.07, 6.45) is 1.24. The number of rotatable bonds is 1. The van der Waals surface area contributed by atoms with Crippen molar-refractivity contribution in [3.63, 3.8) is 0 Å². The molecule has 0 saturated carbocycles. The van der Waals surface area contributed by atoms with Crippen LogP contribution in [0.15, 0.2) is 65.9 Å². The van der Waals surface area contributed by atoms with Crippen molar-refractivity contribution in [2.24, 2.45) is 5.41 Å². The van der Waals surface area contributed by atoms with Crippen LogP contribution >= 0.6 is 23.2 Å². The summed E-state index contributed by atoms with van der Waals surface area (Å²) in [4.78, 5) is 13.3. The van der Waals surface area contributed by atoms with Gasteiger partial charge in [0, 0.05) is 29.9 Å². The Hall–Kier alpha value is -2.29. The van der Waals surface area contributed by atoms with Gasteiger partial charge in [0.1, 0.15) is 11.5 Å². The first-order chi connectivity index (χ1) is 13.8. The smallest absolute Gasteiger partial charge is 0.163 e. The second-order valence-corrected chi connectivity index (χ2v) is 9.50. The predicted octanol–water partition coefficient (Wildman–Crippen LogP) is 7.31. The fraction of sp³-hybridized carbons (Fsp3) is 0.240. The fourth-order valence-corrected chi connectivity index (χ4v) is 4.96. The lowest BCUT2D eigenvalue weighted by molar-refractivity contribution is -0.118. The summed E-state index contributed by atoms with van der Waals surface area (Å²) in [5, 5.41) is 3.20. The monoisotopic (exact) mass is 422 g/mol. The summed E-state index contributed by atoms with van der Waals surface area (Å²) in [6.45, 7) is 4.23. The van der Waals surface area contributed by atoms with E-state index in [1.54, 1.807) is 6.07 Å². The van der Waals surface area contributed by atoms with Crippen LogP contribution < -0.4 is 4.74 Å². The first kappa shape index (κ1) is 18.7. The molecule has 3 aromatic rings. The highest BCUT2D eigenvalue weighted by Crippen LogP contribution is 2.52. The quantitative estimate of drug-likeness (QED) is 0.410. The van der Waals surface area contributed by atoms with E-state index >= 15 is 0 Å². The normalized spacial score (nSPS) is 20.3. The van der Waals surface area contributed by atoms with Crippen LogP contribution in [0, 0.1) is 5.41 Å². The summed E-state index contributed by atoms with van der Waals surface area (Å²) >= 11 is 12.6. The van der Waals surface area contributed by atoms with E-state index in [0.29, 0.717) is 16.5 Å². The van der Waals surface area contributed by atoms with E-state index in [2.05, 4.69) is 32.0 Å². The van der Waals surface area contributed by atoms with Crippen LogP contribution in [0.3, 0.4) is 0 Å². The van der Waals surface area contributed by atoms with Gasteiger partial charge in [-0.15, -0.1) is 0 Å². The van der Waals surface area contributed by atoms with Crippen LogP contribution in [0.25, 0.3) is 10.8 Å². The molecule has 1 atom stereocenters. The van der Waals surface area contributed by atoms with E-state index in [1.807, 2.05) is 30.3 Å². The summed E-state index contributed by atoms with van der Waals surface area (Å²) in [7, 11) is 0. The molecule has 1 aliphatic heterocycles. The molecule has 0 aromatic heterocycles. The van der Waals surface area contributed by atoms with Gasteiger partial charge in [0.15, 0.2) is 5.78 Å². The number of ketones is 1. The zero-order valence-corrected chi connectivity index (χ0v) is 17.8. The van der Waals surface area contributed by atoms with Gasteiger partial charge in [0.2, 0.25) is 0 Å². The highest BCUT2D eigenvalue weighted by atomic mass is 35.5. The van der Waals surface area contributed by atoms with E-state index in [-0.39, 0.29) is 17.1 Å². The van der Waals surface area contributed by atoms with Crippen LogP contribution in [0.4, 0.5) is 0 Å². The minimum absolute atomic E-state index is 0.119. The van der Waals surface area contributed by atoms with Gasteiger partial charge in [-0.1, -0.05) is 73.4 Å². The number of carbonyl (C=O) groups excluding carboxylic acids is 1. The molecule has 0 bridgehead atoms. The van der Waals surface area contributed by atoms with Gasteiger partial charge < -0.3 is 4.74 Å². The van der Waals surface area contributed by atoms with Crippen molar-refractivity contribution in [1.82, 2.24) is 0 Å². The van der Waals surface area contributed by atoms with Gasteiger partial charge in [-0.25, -0.2) is 0 Å². The number of benzene rings is 3. The van der Waals surface area contributed by atoms with E-state index in [1.165, 1.54) is 0 Å². The maximum atomic E-state index is 13.3. The Morgan fingerprint density at radius 2 is 1.76 bits per heavy atom.